The SMILES string of the molecule is CCCCCCCCCCCCCCC(OC(C)=O)C1(O)C(=O)C=CC1OC(C)=O. The van der Waals surface area contributed by atoms with Crippen molar-refractivity contribution in [2.75, 3.05) is 0 Å². The second kappa shape index (κ2) is 14.3. The smallest absolute Gasteiger partial charge is 0.303 e. The van der Waals surface area contributed by atoms with Crippen molar-refractivity contribution in [2.24, 2.45) is 0 Å². The third-order valence-electron chi connectivity index (χ3n) is 5.66. The zero-order valence-corrected chi connectivity index (χ0v) is 19.0. The molecular weight excluding hydrogens is 384 g/mol. The Morgan fingerprint density at radius 2 is 1.43 bits per heavy atom. The Morgan fingerprint density at radius 3 is 1.90 bits per heavy atom. The Balaban J connectivity index is 2.36. The van der Waals surface area contributed by atoms with Crippen LogP contribution in [-0.2, 0) is 23.9 Å². The normalized spacial score (nSPS) is 21.6. The third kappa shape index (κ3) is 8.99. The maximum atomic E-state index is 12.3. The van der Waals surface area contributed by atoms with E-state index in [-0.39, 0.29) is 0 Å². The quantitative estimate of drug-likeness (QED) is 0.282. The lowest BCUT2D eigenvalue weighted by atomic mass is 9.87. The largest absolute Gasteiger partial charge is 0.459 e. The number of ketones is 1. The molecule has 0 aromatic carbocycles. The summed E-state index contributed by atoms with van der Waals surface area (Å²) < 4.78 is 10.4. The summed E-state index contributed by atoms with van der Waals surface area (Å²) in [5, 5.41) is 11.0. The van der Waals surface area contributed by atoms with Gasteiger partial charge in [-0.3, -0.25) is 14.4 Å². The molecule has 3 unspecified atom stereocenters. The van der Waals surface area contributed by atoms with Crippen LogP contribution in [0.3, 0.4) is 0 Å². The summed E-state index contributed by atoms with van der Waals surface area (Å²) >= 11 is 0. The van der Waals surface area contributed by atoms with E-state index in [2.05, 4.69) is 6.92 Å². The van der Waals surface area contributed by atoms with Gasteiger partial charge in [0.1, 0.15) is 6.10 Å². The first kappa shape index (κ1) is 26.3. The Bertz CT molecular complexity index is 570. The third-order valence-corrected chi connectivity index (χ3v) is 5.66. The molecule has 0 aliphatic heterocycles. The summed E-state index contributed by atoms with van der Waals surface area (Å²) in [7, 11) is 0. The molecule has 30 heavy (non-hydrogen) atoms. The first-order chi connectivity index (χ1) is 14.3. The van der Waals surface area contributed by atoms with E-state index in [4.69, 9.17) is 9.47 Å². The van der Waals surface area contributed by atoms with E-state index >= 15 is 0 Å². The second-order valence-corrected chi connectivity index (χ2v) is 8.35. The van der Waals surface area contributed by atoms with E-state index in [0.717, 1.165) is 25.7 Å². The van der Waals surface area contributed by atoms with Crippen LogP contribution in [0, 0.1) is 0 Å². The molecule has 1 N–H and O–H groups in total. The predicted molar refractivity (Wildman–Crippen MR) is 116 cm³/mol. The fraction of sp³-hybridized carbons (Fsp3) is 0.792. The molecule has 0 saturated heterocycles. The monoisotopic (exact) mass is 424 g/mol. The van der Waals surface area contributed by atoms with Crippen LogP contribution in [0.1, 0.15) is 104 Å². The van der Waals surface area contributed by atoms with Crippen molar-refractivity contribution < 1.29 is 29.0 Å². The van der Waals surface area contributed by atoms with Crippen molar-refractivity contribution in [3.63, 3.8) is 0 Å². The van der Waals surface area contributed by atoms with Crippen LogP contribution in [0.4, 0.5) is 0 Å². The average Bonchev–Trinajstić information content (AvgIpc) is 2.96. The molecule has 6 nitrogen and oxygen atoms in total. The zero-order valence-electron chi connectivity index (χ0n) is 19.0. The van der Waals surface area contributed by atoms with Gasteiger partial charge in [-0.25, -0.2) is 0 Å². The molecule has 1 rings (SSSR count). The van der Waals surface area contributed by atoms with Gasteiger partial charge in [0.15, 0.2) is 11.9 Å². The van der Waals surface area contributed by atoms with E-state index in [9.17, 15) is 19.5 Å². The Kier molecular flexibility index (Phi) is 12.6. The van der Waals surface area contributed by atoms with Crippen molar-refractivity contribution in [3.8, 4) is 0 Å². The predicted octanol–water partition coefficient (Wildman–Crippen LogP) is 4.81. The topological polar surface area (TPSA) is 89.9 Å². The van der Waals surface area contributed by atoms with E-state index in [0.29, 0.717) is 6.42 Å². The highest BCUT2D eigenvalue weighted by molar-refractivity contribution is 6.01. The van der Waals surface area contributed by atoms with Gasteiger partial charge in [-0.2, -0.15) is 0 Å². The number of rotatable bonds is 16. The lowest BCUT2D eigenvalue weighted by molar-refractivity contribution is -0.186. The molecule has 1 aliphatic rings. The highest BCUT2D eigenvalue weighted by Crippen LogP contribution is 2.32. The van der Waals surface area contributed by atoms with Crippen LogP contribution in [0.2, 0.25) is 0 Å². The Morgan fingerprint density at radius 1 is 0.933 bits per heavy atom. The molecule has 172 valence electrons. The summed E-state index contributed by atoms with van der Waals surface area (Å²) in [6.45, 7) is 4.69. The summed E-state index contributed by atoms with van der Waals surface area (Å²) in [6, 6.07) is 0. The van der Waals surface area contributed by atoms with E-state index in [1.807, 2.05) is 0 Å². The molecule has 0 spiro atoms. The van der Waals surface area contributed by atoms with Crippen LogP contribution >= 0.6 is 0 Å². The molecule has 0 heterocycles. The number of esters is 2. The molecule has 0 saturated carbocycles. The minimum atomic E-state index is -2.05. The van der Waals surface area contributed by atoms with Crippen molar-refractivity contribution in [1.82, 2.24) is 0 Å². The molecule has 3 atom stereocenters. The average molecular weight is 425 g/mol. The lowest BCUT2D eigenvalue weighted by Crippen LogP contribution is -2.56. The summed E-state index contributed by atoms with van der Waals surface area (Å²) in [5.74, 6) is -1.78. The summed E-state index contributed by atoms with van der Waals surface area (Å²) in [6.07, 6.45) is 15.0. The van der Waals surface area contributed by atoms with E-state index in [1.165, 1.54) is 77.4 Å². The van der Waals surface area contributed by atoms with Gasteiger partial charge in [0, 0.05) is 13.8 Å². The Hall–Kier alpha value is -1.69. The van der Waals surface area contributed by atoms with Crippen LogP contribution in [-0.4, -0.2) is 40.6 Å². The van der Waals surface area contributed by atoms with Gasteiger partial charge in [0.25, 0.3) is 0 Å². The molecule has 0 bridgehead atoms. The Labute approximate surface area is 181 Å². The van der Waals surface area contributed by atoms with Crippen LogP contribution in [0.15, 0.2) is 12.2 Å². The number of carbonyl (C=O) groups excluding carboxylic acids is 3. The van der Waals surface area contributed by atoms with Crippen LogP contribution in [0.5, 0.6) is 0 Å². The van der Waals surface area contributed by atoms with Gasteiger partial charge >= 0.3 is 11.9 Å². The number of unbranched alkanes of at least 4 members (excludes halogenated alkanes) is 11. The fourth-order valence-electron chi connectivity index (χ4n) is 3.98. The first-order valence-corrected chi connectivity index (χ1v) is 11.6. The van der Waals surface area contributed by atoms with Gasteiger partial charge in [-0.15, -0.1) is 0 Å². The molecule has 0 fully saturated rings. The highest BCUT2D eigenvalue weighted by atomic mass is 16.6. The second-order valence-electron chi connectivity index (χ2n) is 8.35. The van der Waals surface area contributed by atoms with Crippen molar-refractivity contribution >= 4 is 17.7 Å². The minimum Gasteiger partial charge on any atom is -0.459 e. The number of ether oxygens (including phenoxy) is 2. The van der Waals surface area contributed by atoms with Crippen molar-refractivity contribution in [2.45, 2.75) is 122 Å². The zero-order chi connectivity index (χ0) is 22.4. The van der Waals surface area contributed by atoms with Gasteiger partial charge in [0.2, 0.25) is 5.60 Å². The lowest BCUT2D eigenvalue weighted by Gasteiger charge is -2.34. The molecule has 0 aromatic heterocycles. The van der Waals surface area contributed by atoms with Crippen LogP contribution in [0.25, 0.3) is 0 Å². The molecule has 0 aromatic rings. The molecule has 1 aliphatic carbocycles. The standard InChI is InChI=1S/C24H40O6/c1-4-5-6-7-8-9-10-11-12-13-14-15-16-22(29-19(2)25)24(28)21(27)17-18-23(24)30-20(3)26/h17-18,22-23,28H,4-16H2,1-3H3. The number of hydrogen-bond donors (Lipinski definition) is 1. The fourth-order valence-corrected chi connectivity index (χ4v) is 3.98. The number of aliphatic hydroxyl groups is 1. The van der Waals surface area contributed by atoms with Gasteiger partial charge in [0.05, 0.1) is 0 Å². The summed E-state index contributed by atoms with van der Waals surface area (Å²) in [5.41, 5.74) is -2.05. The molecule has 0 radical (unpaired) electrons. The number of carbonyl (C=O) groups is 3. The molecular formula is C24H40O6. The van der Waals surface area contributed by atoms with Gasteiger partial charge in [-0.05, 0) is 25.0 Å². The first-order valence-electron chi connectivity index (χ1n) is 11.6. The minimum absolute atomic E-state index is 0.346. The van der Waals surface area contributed by atoms with E-state index < -0.39 is 35.5 Å². The van der Waals surface area contributed by atoms with Gasteiger partial charge in [-0.1, -0.05) is 77.6 Å². The number of hydrogen-bond acceptors (Lipinski definition) is 6. The van der Waals surface area contributed by atoms with Crippen LogP contribution < -0.4 is 0 Å². The van der Waals surface area contributed by atoms with Gasteiger partial charge < -0.3 is 14.6 Å². The maximum Gasteiger partial charge on any atom is 0.303 e. The van der Waals surface area contributed by atoms with Crippen molar-refractivity contribution in [1.29, 1.82) is 0 Å². The maximum absolute atomic E-state index is 12.3. The highest BCUT2D eigenvalue weighted by Gasteiger charge is 2.54. The van der Waals surface area contributed by atoms with Crippen molar-refractivity contribution in [3.05, 3.63) is 12.2 Å². The van der Waals surface area contributed by atoms with E-state index in [1.54, 1.807) is 0 Å². The molecule has 6 heteroatoms. The summed E-state index contributed by atoms with van der Waals surface area (Å²) in [4.78, 5) is 35.2. The molecule has 0 amide bonds.